The first kappa shape index (κ1) is 13.1. The quantitative estimate of drug-likeness (QED) is 0.925. The Morgan fingerprint density at radius 3 is 2.56 bits per heavy atom. The highest BCUT2D eigenvalue weighted by Crippen LogP contribution is 2.28. The molecule has 0 aliphatic carbocycles. The van der Waals surface area contributed by atoms with Gasteiger partial charge in [0, 0.05) is 16.1 Å². The molecule has 0 saturated heterocycles. The Bertz CT molecular complexity index is 511. The first-order chi connectivity index (χ1) is 8.66. The molecule has 0 aliphatic rings. The average Bonchev–Trinajstić information content (AvgIpc) is 2.38. The van der Waals surface area contributed by atoms with Gasteiger partial charge in [-0.15, -0.1) is 0 Å². The monoisotopic (exact) mass is 305 g/mol. The standard InChI is InChI=1S/C15H16BrNO/c1-11(17)14-9-13(16)7-8-15(14)18-10-12-5-3-2-4-6-12/h2-9,11H,10,17H2,1H3/t11-/m1/s1. The maximum atomic E-state index is 5.95. The number of hydrogen-bond donors (Lipinski definition) is 1. The van der Waals surface area contributed by atoms with Crippen molar-refractivity contribution >= 4 is 15.9 Å². The van der Waals surface area contributed by atoms with E-state index in [0.717, 1.165) is 21.3 Å². The van der Waals surface area contributed by atoms with Crippen molar-refractivity contribution in [3.63, 3.8) is 0 Å². The van der Waals surface area contributed by atoms with Crippen molar-refractivity contribution in [2.24, 2.45) is 5.73 Å². The Labute approximate surface area is 116 Å². The Balaban J connectivity index is 2.14. The van der Waals surface area contributed by atoms with E-state index in [1.54, 1.807) is 0 Å². The predicted molar refractivity (Wildman–Crippen MR) is 77.5 cm³/mol. The van der Waals surface area contributed by atoms with E-state index < -0.39 is 0 Å². The van der Waals surface area contributed by atoms with Crippen molar-refractivity contribution in [1.29, 1.82) is 0 Å². The van der Waals surface area contributed by atoms with Crippen molar-refractivity contribution in [2.45, 2.75) is 19.6 Å². The zero-order chi connectivity index (χ0) is 13.0. The summed E-state index contributed by atoms with van der Waals surface area (Å²) >= 11 is 3.45. The van der Waals surface area contributed by atoms with Gasteiger partial charge in [-0.25, -0.2) is 0 Å². The number of ether oxygens (including phenoxy) is 1. The van der Waals surface area contributed by atoms with E-state index in [4.69, 9.17) is 10.5 Å². The molecule has 0 amide bonds. The van der Waals surface area contributed by atoms with Crippen LogP contribution in [0.2, 0.25) is 0 Å². The summed E-state index contributed by atoms with van der Waals surface area (Å²) in [5, 5.41) is 0. The van der Waals surface area contributed by atoms with Crippen molar-refractivity contribution < 1.29 is 4.74 Å². The molecule has 3 heteroatoms. The third kappa shape index (κ3) is 3.34. The second kappa shape index (κ2) is 6.03. The van der Waals surface area contributed by atoms with Crippen LogP contribution in [0.3, 0.4) is 0 Å². The molecule has 2 N–H and O–H groups in total. The molecule has 0 unspecified atom stereocenters. The summed E-state index contributed by atoms with van der Waals surface area (Å²) in [4.78, 5) is 0. The van der Waals surface area contributed by atoms with Gasteiger partial charge in [0.05, 0.1) is 0 Å². The fourth-order valence-corrected chi connectivity index (χ4v) is 2.12. The van der Waals surface area contributed by atoms with Crippen molar-refractivity contribution in [1.82, 2.24) is 0 Å². The highest BCUT2D eigenvalue weighted by Gasteiger charge is 2.08. The number of benzene rings is 2. The molecule has 0 saturated carbocycles. The van der Waals surface area contributed by atoms with E-state index in [9.17, 15) is 0 Å². The van der Waals surface area contributed by atoms with Crippen molar-refractivity contribution in [3.05, 3.63) is 64.1 Å². The molecule has 0 radical (unpaired) electrons. The molecule has 0 aliphatic heterocycles. The third-order valence-corrected chi connectivity index (χ3v) is 3.19. The minimum atomic E-state index is -0.0479. The lowest BCUT2D eigenvalue weighted by Gasteiger charge is -2.14. The van der Waals surface area contributed by atoms with Gasteiger partial charge in [0.1, 0.15) is 12.4 Å². The fraction of sp³-hybridized carbons (Fsp3) is 0.200. The highest BCUT2D eigenvalue weighted by molar-refractivity contribution is 9.10. The molecule has 2 nitrogen and oxygen atoms in total. The molecule has 2 aromatic rings. The van der Waals surface area contributed by atoms with Gasteiger partial charge in [0.25, 0.3) is 0 Å². The number of rotatable bonds is 4. The van der Waals surface area contributed by atoms with Crippen LogP contribution in [0.1, 0.15) is 24.1 Å². The van der Waals surface area contributed by atoms with Crippen LogP contribution in [-0.2, 0) is 6.61 Å². The molecular weight excluding hydrogens is 290 g/mol. The van der Waals surface area contributed by atoms with E-state index in [2.05, 4.69) is 15.9 Å². The van der Waals surface area contributed by atoms with E-state index in [1.165, 1.54) is 0 Å². The van der Waals surface area contributed by atoms with Crippen molar-refractivity contribution in [3.8, 4) is 5.75 Å². The Hall–Kier alpha value is -1.32. The van der Waals surface area contributed by atoms with Gasteiger partial charge >= 0.3 is 0 Å². The molecular formula is C15H16BrNO. The van der Waals surface area contributed by atoms with E-state index in [0.29, 0.717) is 6.61 Å². The van der Waals surface area contributed by atoms with Gasteiger partial charge < -0.3 is 10.5 Å². The molecule has 18 heavy (non-hydrogen) atoms. The van der Waals surface area contributed by atoms with Crippen LogP contribution in [0.25, 0.3) is 0 Å². The van der Waals surface area contributed by atoms with Crippen LogP contribution >= 0.6 is 15.9 Å². The normalized spacial score (nSPS) is 12.2. The topological polar surface area (TPSA) is 35.2 Å². The molecule has 2 aromatic carbocycles. The van der Waals surface area contributed by atoms with Crippen molar-refractivity contribution in [2.75, 3.05) is 0 Å². The lowest BCUT2D eigenvalue weighted by atomic mass is 10.1. The summed E-state index contributed by atoms with van der Waals surface area (Å²) in [7, 11) is 0. The number of hydrogen-bond acceptors (Lipinski definition) is 2. The van der Waals surface area contributed by atoms with Crippen LogP contribution in [0, 0.1) is 0 Å². The second-order valence-electron chi connectivity index (χ2n) is 4.25. The molecule has 0 aromatic heterocycles. The summed E-state index contributed by atoms with van der Waals surface area (Å²) < 4.78 is 6.85. The first-order valence-corrected chi connectivity index (χ1v) is 6.68. The van der Waals surface area contributed by atoms with Gasteiger partial charge in [-0.1, -0.05) is 46.3 Å². The molecule has 0 heterocycles. The maximum absolute atomic E-state index is 5.95. The third-order valence-electron chi connectivity index (χ3n) is 2.70. The first-order valence-electron chi connectivity index (χ1n) is 5.88. The van der Waals surface area contributed by atoms with Crippen LogP contribution in [-0.4, -0.2) is 0 Å². The molecule has 94 valence electrons. The van der Waals surface area contributed by atoms with Gasteiger partial charge in [-0.05, 0) is 30.7 Å². The molecule has 0 fully saturated rings. The minimum Gasteiger partial charge on any atom is -0.489 e. The summed E-state index contributed by atoms with van der Waals surface area (Å²) in [6.45, 7) is 2.51. The number of halogens is 1. The van der Waals surface area contributed by atoms with Crippen LogP contribution in [0.4, 0.5) is 0 Å². The zero-order valence-electron chi connectivity index (χ0n) is 10.3. The smallest absolute Gasteiger partial charge is 0.124 e. The Morgan fingerprint density at radius 2 is 1.89 bits per heavy atom. The fourth-order valence-electron chi connectivity index (χ4n) is 1.74. The molecule has 2 rings (SSSR count). The largest absolute Gasteiger partial charge is 0.489 e. The Kier molecular flexibility index (Phi) is 4.39. The van der Waals surface area contributed by atoms with Gasteiger partial charge in [-0.3, -0.25) is 0 Å². The van der Waals surface area contributed by atoms with Crippen LogP contribution in [0.15, 0.2) is 53.0 Å². The summed E-state index contributed by atoms with van der Waals surface area (Å²) in [5.41, 5.74) is 8.11. The van der Waals surface area contributed by atoms with Crippen LogP contribution < -0.4 is 10.5 Å². The second-order valence-corrected chi connectivity index (χ2v) is 5.16. The van der Waals surface area contributed by atoms with E-state index in [1.807, 2.05) is 55.5 Å². The number of nitrogens with two attached hydrogens (primary N) is 1. The Morgan fingerprint density at radius 1 is 1.17 bits per heavy atom. The van der Waals surface area contributed by atoms with E-state index >= 15 is 0 Å². The maximum Gasteiger partial charge on any atom is 0.124 e. The van der Waals surface area contributed by atoms with Gasteiger partial charge in [0.15, 0.2) is 0 Å². The summed E-state index contributed by atoms with van der Waals surface area (Å²) in [6.07, 6.45) is 0. The molecule has 0 bridgehead atoms. The molecule has 1 atom stereocenters. The summed E-state index contributed by atoms with van der Waals surface area (Å²) in [6, 6.07) is 16.0. The van der Waals surface area contributed by atoms with Gasteiger partial charge in [0.2, 0.25) is 0 Å². The zero-order valence-corrected chi connectivity index (χ0v) is 11.9. The van der Waals surface area contributed by atoms with Crippen LogP contribution in [0.5, 0.6) is 5.75 Å². The summed E-state index contributed by atoms with van der Waals surface area (Å²) in [5.74, 6) is 0.844. The average molecular weight is 306 g/mol. The lowest BCUT2D eigenvalue weighted by molar-refractivity contribution is 0.301. The van der Waals surface area contributed by atoms with E-state index in [-0.39, 0.29) is 6.04 Å². The SMILES string of the molecule is C[C@@H](N)c1cc(Br)ccc1OCc1ccccc1. The highest BCUT2D eigenvalue weighted by atomic mass is 79.9. The predicted octanol–water partition coefficient (Wildman–Crippen LogP) is 4.05. The molecule has 0 spiro atoms. The lowest BCUT2D eigenvalue weighted by Crippen LogP contribution is -2.08. The minimum absolute atomic E-state index is 0.0479. The van der Waals surface area contributed by atoms with Gasteiger partial charge in [-0.2, -0.15) is 0 Å².